The summed E-state index contributed by atoms with van der Waals surface area (Å²) in [5, 5.41) is 9.71. The molecule has 3 rings (SSSR count). The molecule has 0 amide bonds. The highest BCUT2D eigenvalue weighted by atomic mass is 16.5. The van der Waals surface area contributed by atoms with Crippen molar-refractivity contribution >= 4 is 0 Å². The van der Waals surface area contributed by atoms with E-state index in [1.54, 1.807) is 0 Å². The second-order valence-electron chi connectivity index (χ2n) is 13.4. The summed E-state index contributed by atoms with van der Waals surface area (Å²) in [6.07, 6.45) is 26.4. The molecule has 0 spiro atoms. The first-order valence-corrected chi connectivity index (χ1v) is 17.3. The predicted octanol–water partition coefficient (Wildman–Crippen LogP) is 9.88. The molecular formula is C36H61NO2. The van der Waals surface area contributed by atoms with Gasteiger partial charge in [-0.3, -0.25) is 0 Å². The minimum atomic E-state index is 0.0114. The van der Waals surface area contributed by atoms with E-state index in [-0.39, 0.29) is 12.0 Å². The zero-order valence-electron chi connectivity index (χ0n) is 25.9. The first-order valence-electron chi connectivity index (χ1n) is 17.3. The molecule has 0 aromatic heterocycles. The second-order valence-corrected chi connectivity index (χ2v) is 13.4. The van der Waals surface area contributed by atoms with Gasteiger partial charge >= 0.3 is 0 Å². The maximum atomic E-state index is 9.71. The quantitative estimate of drug-likeness (QED) is 0.154. The van der Waals surface area contributed by atoms with Gasteiger partial charge in [-0.15, -0.1) is 0 Å². The molecule has 3 nitrogen and oxygen atoms in total. The zero-order chi connectivity index (χ0) is 27.7. The largest absolute Gasteiger partial charge is 0.378 e. The molecule has 3 aliphatic rings. The Morgan fingerprint density at radius 1 is 0.692 bits per heavy atom. The van der Waals surface area contributed by atoms with E-state index < -0.39 is 0 Å². The maximum Gasteiger partial charge on any atom is 0.0737 e. The van der Waals surface area contributed by atoms with E-state index in [4.69, 9.17) is 9.47 Å². The average Bonchev–Trinajstić information content (AvgIpc) is 2.98. The van der Waals surface area contributed by atoms with Gasteiger partial charge in [0, 0.05) is 25.0 Å². The molecule has 0 N–H and O–H groups in total. The summed E-state index contributed by atoms with van der Waals surface area (Å²) < 4.78 is 12.4. The number of rotatable bonds is 15. The van der Waals surface area contributed by atoms with E-state index in [0.717, 1.165) is 50.7 Å². The third-order valence-electron chi connectivity index (χ3n) is 10.2. The minimum absolute atomic E-state index is 0.0114. The van der Waals surface area contributed by atoms with Crippen LogP contribution >= 0.6 is 0 Å². The van der Waals surface area contributed by atoms with Crippen LogP contribution in [0.1, 0.15) is 149 Å². The fraction of sp³-hybridized carbons (Fsp3) is 0.917. The third kappa shape index (κ3) is 12.2. The Balaban J connectivity index is 1.25. The predicted molar refractivity (Wildman–Crippen MR) is 163 cm³/mol. The minimum Gasteiger partial charge on any atom is -0.378 e. The molecule has 0 aromatic rings. The SMILES string of the molecule is CCCCCCCCCCOC1CCC(C2CCC(C#CC3CCC(OCC(C)CC)C(C#N)C3)CC2)CC1. The Hall–Kier alpha value is -1.03. The topological polar surface area (TPSA) is 42.2 Å². The van der Waals surface area contributed by atoms with Crippen LogP contribution in [0, 0.1) is 58.7 Å². The highest BCUT2D eigenvalue weighted by Gasteiger charge is 2.32. The molecule has 4 unspecified atom stereocenters. The van der Waals surface area contributed by atoms with E-state index in [0.29, 0.717) is 23.9 Å². The summed E-state index contributed by atoms with van der Waals surface area (Å²) in [4.78, 5) is 0. The van der Waals surface area contributed by atoms with Gasteiger partial charge in [-0.25, -0.2) is 0 Å². The van der Waals surface area contributed by atoms with Gasteiger partial charge in [0.15, 0.2) is 0 Å². The van der Waals surface area contributed by atoms with Crippen LogP contribution in [0.5, 0.6) is 0 Å². The Bertz CT molecular complexity index is 731. The molecule has 0 bridgehead atoms. The highest BCUT2D eigenvalue weighted by Crippen LogP contribution is 2.40. The fourth-order valence-corrected chi connectivity index (χ4v) is 7.20. The second kappa shape index (κ2) is 19.2. The van der Waals surface area contributed by atoms with Crippen LogP contribution in [0.3, 0.4) is 0 Å². The molecule has 0 saturated heterocycles. The van der Waals surface area contributed by atoms with Crippen molar-refractivity contribution in [2.24, 2.45) is 35.5 Å². The average molecular weight is 540 g/mol. The Kier molecular flexibility index (Phi) is 16.0. The van der Waals surface area contributed by atoms with Gasteiger partial charge in [-0.1, -0.05) is 84.0 Å². The first kappa shape index (κ1) is 32.5. The molecule has 39 heavy (non-hydrogen) atoms. The van der Waals surface area contributed by atoms with Crippen LogP contribution in [0.25, 0.3) is 0 Å². The molecular weight excluding hydrogens is 478 g/mol. The number of hydrogen-bond acceptors (Lipinski definition) is 3. The molecule has 0 radical (unpaired) electrons. The number of hydrogen-bond donors (Lipinski definition) is 0. The normalized spacial score (nSPS) is 32.1. The smallest absolute Gasteiger partial charge is 0.0737 e. The summed E-state index contributed by atoms with van der Waals surface area (Å²) in [5.74, 6) is 10.7. The van der Waals surface area contributed by atoms with Crippen molar-refractivity contribution in [1.82, 2.24) is 0 Å². The fourth-order valence-electron chi connectivity index (χ4n) is 7.20. The van der Waals surface area contributed by atoms with Gasteiger partial charge in [-0.05, 0) is 94.8 Å². The summed E-state index contributed by atoms with van der Waals surface area (Å²) in [6.45, 7) is 8.49. The first-order chi connectivity index (χ1) is 19.1. The van der Waals surface area contributed by atoms with Gasteiger partial charge in [0.1, 0.15) is 0 Å². The number of nitriles is 1. The van der Waals surface area contributed by atoms with Crippen LogP contribution in [0.2, 0.25) is 0 Å². The molecule has 3 aliphatic carbocycles. The molecule has 222 valence electrons. The van der Waals surface area contributed by atoms with E-state index in [1.165, 1.54) is 103 Å². The van der Waals surface area contributed by atoms with Gasteiger partial charge < -0.3 is 9.47 Å². The lowest BCUT2D eigenvalue weighted by atomic mass is 9.70. The Morgan fingerprint density at radius 3 is 1.92 bits per heavy atom. The van der Waals surface area contributed by atoms with Gasteiger partial charge in [-0.2, -0.15) is 5.26 Å². The number of unbranched alkanes of at least 4 members (excludes halogenated alkanes) is 7. The van der Waals surface area contributed by atoms with Crippen molar-refractivity contribution in [1.29, 1.82) is 5.26 Å². The van der Waals surface area contributed by atoms with Gasteiger partial charge in [0.05, 0.1) is 24.2 Å². The lowest BCUT2D eigenvalue weighted by Crippen LogP contribution is -2.31. The molecule has 3 fully saturated rings. The molecule has 0 aliphatic heterocycles. The Labute approximate surface area is 242 Å². The molecule has 3 saturated carbocycles. The van der Waals surface area contributed by atoms with Gasteiger partial charge in [0.25, 0.3) is 0 Å². The number of ether oxygens (including phenoxy) is 2. The molecule has 0 aromatic carbocycles. The lowest BCUT2D eigenvalue weighted by Gasteiger charge is -2.37. The van der Waals surface area contributed by atoms with Crippen molar-refractivity contribution in [2.75, 3.05) is 13.2 Å². The monoisotopic (exact) mass is 539 g/mol. The highest BCUT2D eigenvalue weighted by molar-refractivity contribution is 5.11. The molecule has 4 atom stereocenters. The third-order valence-corrected chi connectivity index (χ3v) is 10.2. The van der Waals surface area contributed by atoms with Crippen LogP contribution in [0.15, 0.2) is 0 Å². The van der Waals surface area contributed by atoms with Crippen molar-refractivity contribution in [3.8, 4) is 17.9 Å². The summed E-state index contributed by atoms with van der Waals surface area (Å²) in [5.41, 5.74) is 0. The Morgan fingerprint density at radius 2 is 1.28 bits per heavy atom. The van der Waals surface area contributed by atoms with E-state index in [1.807, 2.05) is 0 Å². The summed E-state index contributed by atoms with van der Waals surface area (Å²) in [6, 6.07) is 2.53. The lowest BCUT2D eigenvalue weighted by molar-refractivity contribution is -0.0153. The van der Waals surface area contributed by atoms with Gasteiger partial charge in [0.2, 0.25) is 0 Å². The zero-order valence-corrected chi connectivity index (χ0v) is 25.9. The van der Waals surface area contributed by atoms with Crippen molar-refractivity contribution in [3.63, 3.8) is 0 Å². The van der Waals surface area contributed by atoms with E-state index >= 15 is 0 Å². The summed E-state index contributed by atoms with van der Waals surface area (Å²) in [7, 11) is 0. The van der Waals surface area contributed by atoms with Crippen molar-refractivity contribution in [2.45, 2.75) is 161 Å². The van der Waals surface area contributed by atoms with Crippen LogP contribution in [-0.2, 0) is 9.47 Å². The standard InChI is InChI=1S/C36H61NO2/c1-4-6-7-8-9-10-11-12-25-38-35-22-20-33(21-23-35)32-18-15-30(16-19-32)13-14-31-17-24-36(34(26-31)27-37)39-28-29(3)5-2/h29-36H,4-12,15-26,28H2,1-3H3. The summed E-state index contributed by atoms with van der Waals surface area (Å²) >= 11 is 0. The van der Waals surface area contributed by atoms with Crippen LogP contribution in [0.4, 0.5) is 0 Å². The van der Waals surface area contributed by atoms with E-state index in [2.05, 4.69) is 38.7 Å². The molecule has 3 heteroatoms. The van der Waals surface area contributed by atoms with E-state index in [9.17, 15) is 5.26 Å². The van der Waals surface area contributed by atoms with Crippen LogP contribution in [-0.4, -0.2) is 25.4 Å². The van der Waals surface area contributed by atoms with Crippen molar-refractivity contribution < 1.29 is 9.47 Å². The van der Waals surface area contributed by atoms with Crippen molar-refractivity contribution in [3.05, 3.63) is 0 Å². The van der Waals surface area contributed by atoms with Crippen LogP contribution < -0.4 is 0 Å². The maximum absolute atomic E-state index is 9.71. The molecule has 0 heterocycles. The number of nitrogens with zero attached hydrogens (tertiary/aromatic N) is 1.